The van der Waals surface area contributed by atoms with Crippen LogP contribution in [0.3, 0.4) is 0 Å². The second-order valence-electron chi connectivity index (χ2n) is 5.34. The number of aldehydes is 1. The standard InChI is InChI=1S/C15H21NO2/c1-12-9-14(6-5-13(12)10-17)16-8-4-7-15(2,11-16)18-3/h5-6,9-10H,4,7-8,11H2,1-3H3. The van der Waals surface area contributed by atoms with Gasteiger partial charge in [-0.2, -0.15) is 0 Å². The Labute approximate surface area is 109 Å². The first kappa shape index (κ1) is 13.1. The molecule has 0 saturated carbocycles. The maximum atomic E-state index is 10.8. The molecule has 3 heteroatoms. The monoisotopic (exact) mass is 247 g/mol. The molecule has 1 aromatic rings. The number of ether oxygens (including phenoxy) is 1. The Morgan fingerprint density at radius 2 is 2.22 bits per heavy atom. The zero-order valence-electron chi connectivity index (χ0n) is 11.4. The number of hydrogen-bond acceptors (Lipinski definition) is 3. The van der Waals surface area contributed by atoms with E-state index >= 15 is 0 Å². The van der Waals surface area contributed by atoms with Crippen molar-refractivity contribution in [1.29, 1.82) is 0 Å². The number of piperidine rings is 1. The summed E-state index contributed by atoms with van der Waals surface area (Å²) in [4.78, 5) is 13.2. The maximum absolute atomic E-state index is 10.8. The molecule has 1 heterocycles. The SMILES string of the molecule is COC1(C)CCCN(c2ccc(C=O)c(C)c2)C1. The van der Waals surface area contributed by atoms with Crippen molar-refractivity contribution in [1.82, 2.24) is 0 Å². The molecule has 98 valence electrons. The molecule has 0 bridgehead atoms. The molecule has 3 nitrogen and oxygen atoms in total. The molecule has 1 fully saturated rings. The zero-order chi connectivity index (χ0) is 13.2. The molecule has 0 spiro atoms. The molecule has 1 aliphatic rings. The number of carbonyl (C=O) groups is 1. The molecule has 0 aromatic heterocycles. The Bertz CT molecular complexity index is 444. The molecule has 18 heavy (non-hydrogen) atoms. The number of anilines is 1. The van der Waals surface area contributed by atoms with Crippen LogP contribution in [0, 0.1) is 6.92 Å². The second-order valence-corrected chi connectivity index (χ2v) is 5.34. The van der Waals surface area contributed by atoms with Crippen LogP contribution in [0.25, 0.3) is 0 Å². The highest BCUT2D eigenvalue weighted by Gasteiger charge is 2.30. The van der Waals surface area contributed by atoms with Crippen molar-refractivity contribution in [2.75, 3.05) is 25.1 Å². The summed E-state index contributed by atoms with van der Waals surface area (Å²) in [6.45, 7) is 6.10. The fourth-order valence-electron chi connectivity index (χ4n) is 2.58. The highest BCUT2D eigenvalue weighted by Crippen LogP contribution is 2.28. The molecule has 0 N–H and O–H groups in total. The van der Waals surface area contributed by atoms with Crippen LogP contribution in [0.5, 0.6) is 0 Å². The average molecular weight is 247 g/mol. The van der Waals surface area contributed by atoms with Gasteiger partial charge in [0.1, 0.15) is 6.29 Å². The van der Waals surface area contributed by atoms with Crippen LogP contribution in [0.1, 0.15) is 35.7 Å². The molecule has 1 saturated heterocycles. The maximum Gasteiger partial charge on any atom is 0.150 e. The van der Waals surface area contributed by atoms with E-state index < -0.39 is 0 Å². The van der Waals surface area contributed by atoms with Crippen LogP contribution in [-0.2, 0) is 4.74 Å². The van der Waals surface area contributed by atoms with E-state index in [0.29, 0.717) is 0 Å². The number of hydrogen-bond donors (Lipinski definition) is 0. The number of aryl methyl sites for hydroxylation is 1. The molecule has 0 radical (unpaired) electrons. The van der Waals surface area contributed by atoms with Crippen molar-refractivity contribution in [2.45, 2.75) is 32.3 Å². The van der Waals surface area contributed by atoms with Crippen LogP contribution in [0.4, 0.5) is 5.69 Å². The normalized spacial score (nSPS) is 24.1. The minimum Gasteiger partial charge on any atom is -0.377 e. The van der Waals surface area contributed by atoms with E-state index in [2.05, 4.69) is 17.9 Å². The highest BCUT2D eigenvalue weighted by atomic mass is 16.5. The van der Waals surface area contributed by atoms with Crippen molar-refractivity contribution >= 4 is 12.0 Å². The lowest BCUT2D eigenvalue weighted by Crippen LogP contribution is -2.47. The van der Waals surface area contributed by atoms with Gasteiger partial charge < -0.3 is 9.64 Å². The van der Waals surface area contributed by atoms with E-state index in [1.807, 2.05) is 19.1 Å². The summed E-state index contributed by atoms with van der Waals surface area (Å²) < 4.78 is 5.61. The third kappa shape index (κ3) is 2.56. The Balaban J connectivity index is 2.21. The van der Waals surface area contributed by atoms with Gasteiger partial charge in [-0.3, -0.25) is 4.79 Å². The number of methoxy groups -OCH3 is 1. The first-order valence-electron chi connectivity index (χ1n) is 6.44. The van der Waals surface area contributed by atoms with Gasteiger partial charge in [-0.15, -0.1) is 0 Å². The molecule has 1 atom stereocenters. The van der Waals surface area contributed by atoms with E-state index in [0.717, 1.165) is 43.3 Å². The van der Waals surface area contributed by atoms with E-state index in [-0.39, 0.29) is 5.60 Å². The summed E-state index contributed by atoms with van der Waals surface area (Å²) in [5.41, 5.74) is 2.92. The minimum absolute atomic E-state index is 0.0600. The lowest BCUT2D eigenvalue weighted by atomic mass is 9.94. The average Bonchev–Trinajstić information content (AvgIpc) is 2.39. The predicted molar refractivity (Wildman–Crippen MR) is 73.4 cm³/mol. The van der Waals surface area contributed by atoms with Crippen LogP contribution in [-0.4, -0.2) is 32.1 Å². The predicted octanol–water partition coefficient (Wildman–Crippen LogP) is 2.81. The van der Waals surface area contributed by atoms with E-state index in [9.17, 15) is 4.79 Å². The smallest absolute Gasteiger partial charge is 0.150 e. The number of rotatable bonds is 3. The lowest BCUT2D eigenvalue weighted by molar-refractivity contribution is -0.00465. The van der Waals surface area contributed by atoms with Gasteiger partial charge in [0.2, 0.25) is 0 Å². The molecule has 1 aromatic carbocycles. The summed E-state index contributed by atoms with van der Waals surface area (Å²) in [7, 11) is 1.78. The minimum atomic E-state index is -0.0600. The Hall–Kier alpha value is -1.35. The van der Waals surface area contributed by atoms with E-state index in [4.69, 9.17) is 4.74 Å². The Kier molecular flexibility index (Phi) is 3.71. The molecule has 2 rings (SSSR count). The van der Waals surface area contributed by atoms with Crippen molar-refractivity contribution in [3.05, 3.63) is 29.3 Å². The fourth-order valence-corrected chi connectivity index (χ4v) is 2.58. The topological polar surface area (TPSA) is 29.5 Å². The van der Waals surface area contributed by atoms with Gasteiger partial charge in [-0.1, -0.05) is 0 Å². The molecular weight excluding hydrogens is 226 g/mol. The van der Waals surface area contributed by atoms with Crippen LogP contribution >= 0.6 is 0 Å². The molecule has 1 aliphatic heterocycles. The quantitative estimate of drug-likeness (QED) is 0.769. The number of benzene rings is 1. The van der Waals surface area contributed by atoms with Crippen molar-refractivity contribution < 1.29 is 9.53 Å². The summed E-state index contributed by atoms with van der Waals surface area (Å²) >= 11 is 0. The second kappa shape index (κ2) is 5.11. The van der Waals surface area contributed by atoms with E-state index in [1.54, 1.807) is 7.11 Å². The third-order valence-electron chi connectivity index (χ3n) is 3.90. The first-order chi connectivity index (χ1) is 8.58. The van der Waals surface area contributed by atoms with Gasteiger partial charge in [0.25, 0.3) is 0 Å². The van der Waals surface area contributed by atoms with Gasteiger partial charge >= 0.3 is 0 Å². The van der Waals surface area contributed by atoms with Gasteiger partial charge in [0.15, 0.2) is 0 Å². The van der Waals surface area contributed by atoms with Crippen molar-refractivity contribution in [3.63, 3.8) is 0 Å². The molecular formula is C15H21NO2. The fraction of sp³-hybridized carbons (Fsp3) is 0.533. The first-order valence-corrected chi connectivity index (χ1v) is 6.44. The number of carbonyl (C=O) groups excluding carboxylic acids is 1. The Morgan fingerprint density at radius 3 is 2.83 bits per heavy atom. The van der Waals surface area contributed by atoms with Crippen LogP contribution in [0.15, 0.2) is 18.2 Å². The van der Waals surface area contributed by atoms with E-state index in [1.165, 1.54) is 5.69 Å². The third-order valence-corrected chi connectivity index (χ3v) is 3.90. The largest absolute Gasteiger partial charge is 0.377 e. The van der Waals surface area contributed by atoms with Gasteiger partial charge in [0, 0.05) is 31.5 Å². The van der Waals surface area contributed by atoms with Gasteiger partial charge in [-0.05, 0) is 50.5 Å². The Morgan fingerprint density at radius 1 is 1.44 bits per heavy atom. The summed E-state index contributed by atoms with van der Waals surface area (Å²) in [5, 5.41) is 0. The number of nitrogens with zero attached hydrogens (tertiary/aromatic N) is 1. The molecule has 0 amide bonds. The summed E-state index contributed by atoms with van der Waals surface area (Å²) in [5.74, 6) is 0. The van der Waals surface area contributed by atoms with Gasteiger partial charge in [0.05, 0.1) is 5.60 Å². The molecule has 0 aliphatic carbocycles. The van der Waals surface area contributed by atoms with Crippen LogP contribution in [0.2, 0.25) is 0 Å². The highest BCUT2D eigenvalue weighted by molar-refractivity contribution is 5.78. The zero-order valence-corrected chi connectivity index (χ0v) is 11.4. The van der Waals surface area contributed by atoms with Crippen LogP contribution < -0.4 is 4.90 Å². The van der Waals surface area contributed by atoms with Crippen molar-refractivity contribution in [2.24, 2.45) is 0 Å². The van der Waals surface area contributed by atoms with Gasteiger partial charge in [-0.25, -0.2) is 0 Å². The lowest BCUT2D eigenvalue weighted by Gasteiger charge is -2.40. The van der Waals surface area contributed by atoms with Crippen molar-refractivity contribution in [3.8, 4) is 0 Å². The summed E-state index contributed by atoms with van der Waals surface area (Å²) in [6.07, 6.45) is 3.15. The summed E-state index contributed by atoms with van der Waals surface area (Å²) in [6, 6.07) is 6.01. The molecule has 1 unspecified atom stereocenters.